The lowest BCUT2D eigenvalue weighted by Crippen LogP contribution is -2.16. The lowest BCUT2D eigenvalue weighted by atomic mass is 10.2. The van der Waals surface area contributed by atoms with Gasteiger partial charge in [-0.1, -0.05) is 12.1 Å². The second-order valence-electron chi connectivity index (χ2n) is 4.80. The number of halogens is 1. The first-order valence-electron chi connectivity index (χ1n) is 6.52. The molecule has 18 heavy (non-hydrogen) atoms. The molecular formula is C14H20FNO2. The Morgan fingerprint density at radius 2 is 2.22 bits per heavy atom. The molecule has 3 nitrogen and oxygen atoms in total. The van der Waals surface area contributed by atoms with E-state index in [2.05, 4.69) is 5.32 Å². The highest BCUT2D eigenvalue weighted by atomic mass is 19.1. The minimum atomic E-state index is -0.568. The van der Waals surface area contributed by atoms with Crippen LogP contribution in [0.2, 0.25) is 0 Å². The zero-order valence-electron chi connectivity index (χ0n) is 10.5. The Morgan fingerprint density at radius 3 is 3.00 bits per heavy atom. The number of aromatic hydroxyl groups is 1. The number of rotatable bonds is 8. The van der Waals surface area contributed by atoms with Crippen LogP contribution in [0.5, 0.6) is 5.75 Å². The maximum Gasteiger partial charge on any atom is 0.165 e. The van der Waals surface area contributed by atoms with Gasteiger partial charge in [0.05, 0.1) is 0 Å². The van der Waals surface area contributed by atoms with Gasteiger partial charge in [0.2, 0.25) is 0 Å². The number of phenols is 1. The van der Waals surface area contributed by atoms with Gasteiger partial charge >= 0.3 is 0 Å². The summed E-state index contributed by atoms with van der Waals surface area (Å²) in [6.45, 7) is 2.94. The van der Waals surface area contributed by atoms with Crippen LogP contribution in [0.4, 0.5) is 4.39 Å². The number of phenolic OH excluding ortho intramolecular Hbond substituents is 1. The third kappa shape index (κ3) is 4.27. The third-order valence-electron chi connectivity index (χ3n) is 3.08. The molecule has 1 aliphatic carbocycles. The molecule has 1 aliphatic rings. The second kappa shape index (κ2) is 6.71. The van der Waals surface area contributed by atoms with Crippen LogP contribution in [-0.2, 0) is 11.3 Å². The summed E-state index contributed by atoms with van der Waals surface area (Å²) in [6, 6.07) is 4.57. The van der Waals surface area contributed by atoms with E-state index in [0.29, 0.717) is 12.1 Å². The van der Waals surface area contributed by atoms with Gasteiger partial charge in [-0.15, -0.1) is 0 Å². The van der Waals surface area contributed by atoms with E-state index in [0.717, 1.165) is 32.1 Å². The van der Waals surface area contributed by atoms with E-state index in [-0.39, 0.29) is 5.75 Å². The summed E-state index contributed by atoms with van der Waals surface area (Å²) < 4.78 is 18.5. The molecule has 1 fully saturated rings. The molecule has 0 aromatic heterocycles. The fraction of sp³-hybridized carbons (Fsp3) is 0.571. The second-order valence-corrected chi connectivity index (χ2v) is 4.80. The van der Waals surface area contributed by atoms with Gasteiger partial charge in [-0.3, -0.25) is 0 Å². The average molecular weight is 253 g/mol. The van der Waals surface area contributed by atoms with Crippen molar-refractivity contribution in [2.24, 2.45) is 5.92 Å². The molecule has 0 atom stereocenters. The van der Waals surface area contributed by atoms with Crippen LogP contribution in [0.15, 0.2) is 18.2 Å². The predicted octanol–water partition coefficient (Wildman–Crippen LogP) is 2.44. The van der Waals surface area contributed by atoms with Gasteiger partial charge in [0.15, 0.2) is 11.6 Å². The maximum atomic E-state index is 13.0. The van der Waals surface area contributed by atoms with E-state index in [9.17, 15) is 9.50 Å². The molecule has 0 amide bonds. The fourth-order valence-electron chi connectivity index (χ4n) is 1.76. The van der Waals surface area contributed by atoms with E-state index in [1.807, 2.05) is 0 Å². The normalized spacial score (nSPS) is 14.9. The standard InChI is InChI=1S/C14H20FNO2/c15-13-4-1-3-12(14(13)17)9-16-7-2-8-18-10-11-5-6-11/h1,3-4,11,16-17H,2,5-10H2. The van der Waals surface area contributed by atoms with Crippen molar-refractivity contribution in [2.75, 3.05) is 19.8 Å². The van der Waals surface area contributed by atoms with Crippen LogP contribution in [-0.4, -0.2) is 24.9 Å². The molecule has 0 unspecified atom stereocenters. The van der Waals surface area contributed by atoms with Crippen molar-refractivity contribution in [3.05, 3.63) is 29.6 Å². The van der Waals surface area contributed by atoms with Gasteiger partial charge in [0.1, 0.15) is 0 Å². The lowest BCUT2D eigenvalue weighted by Gasteiger charge is -2.07. The average Bonchev–Trinajstić information content (AvgIpc) is 3.17. The smallest absolute Gasteiger partial charge is 0.165 e. The van der Waals surface area contributed by atoms with E-state index >= 15 is 0 Å². The number of para-hydroxylation sites is 1. The van der Waals surface area contributed by atoms with Crippen molar-refractivity contribution in [3.8, 4) is 5.75 Å². The summed E-state index contributed by atoms with van der Waals surface area (Å²) in [7, 11) is 0. The van der Waals surface area contributed by atoms with Gasteiger partial charge in [-0.05, 0) is 37.8 Å². The number of hydrogen-bond acceptors (Lipinski definition) is 3. The molecular weight excluding hydrogens is 233 g/mol. The molecule has 0 radical (unpaired) electrons. The Kier molecular flexibility index (Phi) is 4.96. The first kappa shape index (κ1) is 13.3. The molecule has 1 aromatic carbocycles. The van der Waals surface area contributed by atoms with Crippen LogP contribution < -0.4 is 5.32 Å². The van der Waals surface area contributed by atoms with Crippen molar-refractivity contribution in [1.82, 2.24) is 5.32 Å². The Balaban J connectivity index is 1.55. The van der Waals surface area contributed by atoms with Gasteiger partial charge in [-0.25, -0.2) is 4.39 Å². The summed E-state index contributed by atoms with van der Waals surface area (Å²) >= 11 is 0. The van der Waals surface area contributed by atoms with Crippen molar-refractivity contribution >= 4 is 0 Å². The zero-order chi connectivity index (χ0) is 12.8. The molecule has 1 aromatic rings. The van der Waals surface area contributed by atoms with E-state index < -0.39 is 5.82 Å². The van der Waals surface area contributed by atoms with Crippen LogP contribution in [0.25, 0.3) is 0 Å². The number of ether oxygens (including phenoxy) is 1. The zero-order valence-corrected chi connectivity index (χ0v) is 10.5. The predicted molar refractivity (Wildman–Crippen MR) is 67.9 cm³/mol. The largest absolute Gasteiger partial charge is 0.505 e. The minimum absolute atomic E-state index is 0.255. The van der Waals surface area contributed by atoms with Crippen molar-refractivity contribution in [2.45, 2.75) is 25.8 Å². The van der Waals surface area contributed by atoms with Crippen molar-refractivity contribution < 1.29 is 14.2 Å². The van der Waals surface area contributed by atoms with Crippen molar-refractivity contribution in [1.29, 1.82) is 0 Å². The number of hydrogen-bond donors (Lipinski definition) is 2. The van der Waals surface area contributed by atoms with Crippen LogP contribution >= 0.6 is 0 Å². The van der Waals surface area contributed by atoms with E-state index in [1.165, 1.54) is 18.9 Å². The fourth-order valence-corrected chi connectivity index (χ4v) is 1.76. The van der Waals surface area contributed by atoms with E-state index in [4.69, 9.17) is 4.74 Å². The molecule has 2 rings (SSSR count). The van der Waals surface area contributed by atoms with Crippen LogP contribution in [0, 0.1) is 11.7 Å². The Labute approximate surface area is 107 Å². The molecule has 2 N–H and O–H groups in total. The molecule has 0 spiro atoms. The Hall–Kier alpha value is -1.13. The summed E-state index contributed by atoms with van der Waals surface area (Å²) in [4.78, 5) is 0. The Morgan fingerprint density at radius 1 is 1.39 bits per heavy atom. The van der Waals surface area contributed by atoms with Gasteiger partial charge in [0, 0.05) is 25.3 Å². The van der Waals surface area contributed by atoms with Gasteiger partial charge < -0.3 is 15.2 Å². The van der Waals surface area contributed by atoms with Crippen molar-refractivity contribution in [3.63, 3.8) is 0 Å². The number of benzene rings is 1. The molecule has 100 valence electrons. The number of nitrogens with one attached hydrogen (secondary N) is 1. The summed E-state index contributed by atoms with van der Waals surface area (Å²) in [5.41, 5.74) is 0.592. The Bertz CT molecular complexity index is 380. The summed E-state index contributed by atoms with van der Waals surface area (Å²) in [5.74, 6) is -0.0146. The molecule has 0 saturated heterocycles. The molecule has 0 aliphatic heterocycles. The lowest BCUT2D eigenvalue weighted by molar-refractivity contribution is 0.122. The molecule has 4 heteroatoms. The highest BCUT2D eigenvalue weighted by molar-refractivity contribution is 5.33. The third-order valence-corrected chi connectivity index (χ3v) is 3.08. The maximum absolute atomic E-state index is 13.0. The SMILES string of the molecule is Oc1c(F)cccc1CNCCCOCC1CC1. The molecule has 0 heterocycles. The summed E-state index contributed by atoms with van der Waals surface area (Å²) in [6.07, 6.45) is 3.57. The van der Waals surface area contributed by atoms with E-state index in [1.54, 1.807) is 12.1 Å². The monoisotopic (exact) mass is 253 g/mol. The summed E-state index contributed by atoms with van der Waals surface area (Å²) in [5, 5.41) is 12.6. The van der Waals surface area contributed by atoms with Gasteiger partial charge in [-0.2, -0.15) is 0 Å². The first-order valence-corrected chi connectivity index (χ1v) is 6.52. The van der Waals surface area contributed by atoms with Gasteiger partial charge in [0.25, 0.3) is 0 Å². The molecule has 0 bridgehead atoms. The highest BCUT2D eigenvalue weighted by Gasteiger charge is 2.20. The van der Waals surface area contributed by atoms with Crippen LogP contribution in [0.1, 0.15) is 24.8 Å². The minimum Gasteiger partial charge on any atom is -0.505 e. The molecule has 1 saturated carbocycles. The van der Waals surface area contributed by atoms with Crippen LogP contribution in [0.3, 0.4) is 0 Å². The topological polar surface area (TPSA) is 41.5 Å². The quantitative estimate of drug-likeness (QED) is 0.699. The highest BCUT2D eigenvalue weighted by Crippen LogP contribution is 2.28. The first-order chi connectivity index (χ1) is 8.77.